The molecule has 0 spiro atoms. The minimum absolute atomic E-state index is 0.00672. The highest BCUT2D eigenvalue weighted by Gasteiger charge is 2.29. The van der Waals surface area contributed by atoms with Gasteiger partial charge in [0.15, 0.2) is 0 Å². The van der Waals surface area contributed by atoms with Crippen LogP contribution in [0.5, 0.6) is 0 Å². The molecule has 0 unspecified atom stereocenters. The van der Waals surface area contributed by atoms with Gasteiger partial charge in [0.1, 0.15) is 11.6 Å². The minimum atomic E-state index is -1.23. The molecule has 2 aromatic carbocycles. The third-order valence-corrected chi connectivity index (χ3v) is 6.84. The molecule has 11 heteroatoms. The van der Waals surface area contributed by atoms with Crippen LogP contribution in [0.25, 0.3) is 11.0 Å². The van der Waals surface area contributed by atoms with Gasteiger partial charge in [-0.15, -0.1) is 0 Å². The number of carbonyl (C=O) groups is 3. The lowest BCUT2D eigenvalue weighted by molar-refractivity contribution is -0.139. The summed E-state index contributed by atoms with van der Waals surface area (Å²) in [6.07, 6.45) is 1.99. The molecule has 0 saturated heterocycles. The second-order valence-corrected chi connectivity index (χ2v) is 9.17. The molecule has 0 bridgehead atoms. The minimum Gasteiger partial charge on any atom is -0.480 e. The number of aliphatic carboxylic acids is 1. The Hall–Kier alpha value is -3.56. The number of aliphatic imine (C=N–C) groups is 1. The number of amides is 2. The van der Waals surface area contributed by atoms with Crippen LogP contribution in [0.3, 0.4) is 0 Å². The summed E-state index contributed by atoms with van der Waals surface area (Å²) in [5.41, 5.74) is 2.58. The highest BCUT2D eigenvalue weighted by atomic mass is 35.5. The number of furan rings is 1. The van der Waals surface area contributed by atoms with Crippen LogP contribution in [0, 0.1) is 0 Å². The first-order valence-corrected chi connectivity index (χ1v) is 11.9. The Bertz CT molecular complexity index is 1380. The van der Waals surface area contributed by atoms with Gasteiger partial charge in [0, 0.05) is 37.6 Å². The summed E-state index contributed by atoms with van der Waals surface area (Å²) in [4.78, 5) is 43.3. The number of nitrogens with zero attached hydrogens (tertiary/aromatic N) is 2. The fourth-order valence-corrected chi connectivity index (χ4v) is 4.83. The van der Waals surface area contributed by atoms with Crippen LogP contribution in [0.4, 0.5) is 0 Å². The van der Waals surface area contributed by atoms with E-state index >= 15 is 0 Å². The van der Waals surface area contributed by atoms with Crippen molar-refractivity contribution in [2.45, 2.75) is 25.9 Å². The summed E-state index contributed by atoms with van der Waals surface area (Å²) in [6.45, 7) is 2.28. The van der Waals surface area contributed by atoms with Crippen molar-refractivity contribution in [3.63, 3.8) is 0 Å². The predicted molar refractivity (Wildman–Crippen MR) is 137 cm³/mol. The number of halogens is 2. The standard InChI is InChI=1S/C25H24Cl2N4O5/c1-13(28-2)29-11-19(25(34)35)30-23(32)21-18(26)9-16-12-31(7-5-17(16)22(21)27)24(33)15-4-3-14-6-8-36-20(14)10-15/h3-4,6,8-10,19H,5,7,11-12H2,1-2H3,(H,28,29)(H,30,32)(H,34,35)/t19-/m0/s1. The molecule has 0 fully saturated rings. The van der Waals surface area contributed by atoms with Crippen LogP contribution in [-0.2, 0) is 17.8 Å². The molecular weight excluding hydrogens is 507 g/mol. The third kappa shape index (κ3) is 5.17. The number of nitrogens with one attached hydrogen (secondary N) is 2. The van der Waals surface area contributed by atoms with E-state index in [4.69, 9.17) is 27.6 Å². The van der Waals surface area contributed by atoms with Crippen LogP contribution < -0.4 is 10.6 Å². The van der Waals surface area contributed by atoms with Crippen molar-refractivity contribution in [1.29, 1.82) is 0 Å². The zero-order valence-electron chi connectivity index (χ0n) is 19.6. The van der Waals surface area contributed by atoms with Gasteiger partial charge in [-0.2, -0.15) is 0 Å². The number of carboxylic acids is 1. The molecule has 36 heavy (non-hydrogen) atoms. The fraction of sp³-hybridized carbons (Fsp3) is 0.280. The maximum Gasteiger partial charge on any atom is 0.328 e. The van der Waals surface area contributed by atoms with Crippen molar-refractivity contribution in [3.05, 3.63) is 68.9 Å². The Morgan fingerprint density at radius 2 is 2.00 bits per heavy atom. The summed E-state index contributed by atoms with van der Waals surface area (Å²) >= 11 is 13.0. The second-order valence-electron chi connectivity index (χ2n) is 8.39. The van der Waals surface area contributed by atoms with E-state index < -0.39 is 17.9 Å². The molecule has 2 heterocycles. The van der Waals surface area contributed by atoms with E-state index in [1.165, 1.54) is 0 Å². The van der Waals surface area contributed by atoms with Gasteiger partial charge >= 0.3 is 5.97 Å². The zero-order chi connectivity index (χ0) is 26.0. The van der Waals surface area contributed by atoms with Crippen LogP contribution in [0.2, 0.25) is 10.0 Å². The van der Waals surface area contributed by atoms with E-state index in [0.29, 0.717) is 35.5 Å². The molecule has 2 amide bonds. The first-order valence-electron chi connectivity index (χ1n) is 11.2. The molecule has 4 rings (SSSR count). The number of hydrogen-bond acceptors (Lipinski definition) is 5. The quantitative estimate of drug-likeness (QED) is 0.329. The van der Waals surface area contributed by atoms with Gasteiger partial charge < -0.3 is 25.1 Å². The molecule has 0 saturated carbocycles. The second kappa shape index (κ2) is 10.6. The normalized spacial score (nSPS) is 14.3. The molecule has 0 radical (unpaired) electrons. The van der Waals surface area contributed by atoms with Crippen molar-refractivity contribution in [3.8, 4) is 0 Å². The van der Waals surface area contributed by atoms with Gasteiger partial charge in [0.25, 0.3) is 11.8 Å². The Labute approximate surface area is 217 Å². The first-order chi connectivity index (χ1) is 17.2. The Kier molecular flexibility index (Phi) is 7.51. The zero-order valence-corrected chi connectivity index (χ0v) is 21.1. The largest absolute Gasteiger partial charge is 0.480 e. The lowest BCUT2D eigenvalue weighted by Gasteiger charge is -2.30. The third-order valence-electron chi connectivity index (χ3n) is 6.12. The Balaban J connectivity index is 1.53. The van der Waals surface area contributed by atoms with Crippen LogP contribution >= 0.6 is 23.2 Å². The van der Waals surface area contributed by atoms with Gasteiger partial charge in [0.05, 0.1) is 27.7 Å². The van der Waals surface area contributed by atoms with E-state index in [1.807, 2.05) is 12.1 Å². The average molecular weight is 531 g/mol. The van der Waals surface area contributed by atoms with E-state index in [1.54, 1.807) is 43.3 Å². The van der Waals surface area contributed by atoms with Gasteiger partial charge in [0.2, 0.25) is 0 Å². The summed E-state index contributed by atoms with van der Waals surface area (Å²) in [5, 5.41) is 15.9. The number of amidine groups is 1. The van der Waals surface area contributed by atoms with Gasteiger partial charge in [-0.3, -0.25) is 14.6 Å². The van der Waals surface area contributed by atoms with Crippen molar-refractivity contribution in [2.75, 3.05) is 20.1 Å². The summed E-state index contributed by atoms with van der Waals surface area (Å²) < 4.78 is 5.40. The van der Waals surface area contributed by atoms with Crippen molar-refractivity contribution in [2.24, 2.45) is 4.99 Å². The molecular formula is C25H24Cl2N4O5. The van der Waals surface area contributed by atoms with Crippen molar-refractivity contribution >= 4 is 57.8 Å². The Morgan fingerprint density at radius 1 is 1.22 bits per heavy atom. The molecule has 1 aliphatic rings. The van der Waals surface area contributed by atoms with Gasteiger partial charge in [-0.1, -0.05) is 29.3 Å². The topological polar surface area (TPSA) is 124 Å². The number of rotatable bonds is 6. The first kappa shape index (κ1) is 25.5. The molecule has 1 atom stereocenters. The van der Waals surface area contributed by atoms with E-state index in [0.717, 1.165) is 10.9 Å². The maximum atomic E-state index is 13.1. The maximum absolute atomic E-state index is 13.1. The lowest BCUT2D eigenvalue weighted by atomic mass is 9.96. The van der Waals surface area contributed by atoms with Crippen molar-refractivity contribution in [1.82, 2.24) is 15.5 Å². The molecule has 3 aromatic rings. The van der Waals surface area contributed by atoms with Crippen molar-refractivity contribution < 1.29 is 23.9 Å². The number of carbonyl (C=O) groups excluding carboxylic acids is 2. The average Bonchev–Trinajstić information content (AvgIpc) is 3.33. The molecule has 0 aliphatic carbocycles. The summed E-state index contributed by atoms with van der Waals surface area (Å²) in [7, 11) is 1.57. The number of hydrogen-bond donors (Lipinski definition) is 3. The molecule has 9 nitrogen and oxygen atoms in total. The van der Waals surface area contributed by atoms with Crippen LogP contribution in [0.15, 0.2) is 46.0 Å². The van der Waals surface area contributed by atoms with E-state index in [2.05, 4.69) is 15.6 Å². The lowest BCUT2D eigenvalue weighted by Crippen LogP contribution is -2.48. The summed E-state index contributed by atoms with van der Waals surface area (Å²) in [5.74, 6) is -1.54. The monoisotopic (exact) mass is 530 g/mol. The van der Waals surface area contributed by atoms with E-state index in [9.17, 15) is 19.5 Å². The SMILES string of the molecule is C/N=C(\C)NC[C@H](NC(=O)c1c(Cl)cc2c(c1Cl)CCN(C(=O)c1ccc3ccoc3c1)C2)C(=O)O. The van der Waals surface area contributed by atoms with Crippen LogP contribution in [0.1, 0.15) is 38.8 Å². The van der Waals surface area contributed by atoms with E-state index in [-0.39, 0.29) is 34.6 Å². The fourth-order valence-electron chi connectivity index (χ4n) is 4.06. The predicted octanol–water partition coefficient (Wildman–Crippen LogP) is 3.76. The highest BCUT2D eigenvalue weighted by molar-refractivity contribution is 6.40. The van der Waals surface area contributed by atoms with Crippen LogP contribution in [-0.4, -0.2) is 59.8 Å². The van der Waals surface area contributed by atoms with Gasteiger partial charge in [-0.05, 0) is 48.7 Å². The molecule has 1 aliphatic heterocycles. The highest BCUT2D eigenvalue weighted by Crippen LogP contribution is 2.35. The Morgan fingerprint density at radius 3 is 2.72 bits per heavy atom. The summed E-state index contributed by atoms with van der Waals surface area (Å²) in [6, 6.07) is 7.51. The number of carboxylic acid groups (broad SMARTS) is 1. The molecule has 3 N–H and O–H groups in total. The smallest absolute Gasteiger partial charge is 0.328 e. The number of benzene rings is 2. The van der Waals surface area contributed by atoms with Gasteiger partial charge in [-0.25, -0.2) is 4.79 Å². The number of fused-ring (bicyclic) bond motifs is 2. The molecule has 188 valence electrons. The molecule has 1 aromatic heterocycles.